The van der Waals surface area contributed by atoms with Crippen molar-refractivity contribution in [1.29, 1.82) is 0 Å². The second kappa shape index (κ2) is 6.24. The van der Waals surface area contributed by atoms with E-state index in [9.17, 15) is 0 Å². The molecule has 0 saturated heterocycles. The molecule has 0 atom stereocenters. The van der Waals surface area contributed by atoms with Crippen LogP contribution in [-0.2, 0) is 6.54 Å². The van der Waals surface area contributed by atoms with Gasteiger partial charge in [-0.1, -0.05) is 29.4 Å². The van der Waals surface area contributed by atoms with Gasteiger partial charge in [0.15, 0.2) is 0 Å². The van der Waals surface area contributed by atoms with Crippen LogP contribution in [0.5, 0.6) is 0 Å². The summed E-state index contributed by atoms with van der Waals surface area (Å²) in [5.41, 5.74) is 10.5. The van der Waals surface area contributed by atoms with Crippen LogP contribution in [0.1, 0.15) is 11.1 Å². The van der Waals surface area contributed by atoms with Gasteiger partial charge in [-0.25, -0.2) is 0 Å². The van der Waals surface area contributed by atoms with Crippen LogP contribution in [0.25, 0.3) is 22.8 Å². The van der Waals surface area contributed by atoms with E-state index in [4.69, 9.17) is 10.3 Å². The molecule has 0 radical (unpaired) electrons. The molecule has 0 aliphatic carbocycles. The molecule has 0 amide bonds. The Morgan fingerprint density at radius 1 is 1.12 bits per heavy atom. The average molecular weight is 331 g/mol. The van der Waals surface area contributed by atoms with E-state index >= 15 is 0 Å². The molecule has 6 heteroatoms. The molecule has 0 aliphatic heterocycles. The first-order valence-corrected chi connectivity index (χ1v) is 7.96. The number of benzene rings is 2. The topological polar surface area (TPSA) is 82.8 Å². The molecule has 0 fully saturated rings. The fraction of sp³-hybridized carbons (Fsp3) is 0.105. The molecule has 2 N–H and O–H groups in total. The molecule has 0 bridgehead atoms. The smallest absolute Gasteiger partial charge is 0.258 e. The number of hydrogen-bond acceptors (Lipinski definition) is 5. The van der Waals surface area contributed by atoms with Gasteiger partial charge in [-0.3, -0.25) is 4.68 Å². The van der Waals surface area contributed by atoms with Crippen LogP contribution < -0.4 is 5.73 Å². The predicted octanol–water partition coefficient (Wildman–Crippen LogP) is 3.54. The van der Waals surface area contributed by atoms with Gasteiger partial charge in [0.05, 0.1) is 6.54 Å². The fourth-order valence-electron chi connectivity index (χ4n) is 2.73. The van der Waals surface area contributed by atoms with E-state index in [1.54, 1.807) is 6.20 Å². The first-order chi connectivity index (χ1) is 12.2. The lowest BCUT2D eigenvalue weighted by Gasteiger charge is -2.04. The molecule has 2 heterocycles. The van der Waals surface area contributed by atoms with E-state index in [-0.39, 0.29) is 0 Å². The number of aromatic nitrogens is 4. The summed E-state index contributed by atoms with van der Waals surface area (Å²) in [5.74, 6) is 1.02. The monoisotopic (exact) mass is 331 g/mol. The third kappa shape index (κ3) is 3.01. The Morgan fingerprint density at radius 2 is 2.00 bits per heavy atom. The number of hydrogen-bond donors (Lipinski definition) is 1. The largest absolute Gasteiger partial charge is 0.398 e. The van der Waals surface area contributed by atoms with E-state index in [0.717, 1.165) is 22.3 Å². The Labute approximate surface area is 144 Å². The summed E-state index contributed by atoms with van der Waals surface area (Å²) in [5, 5.41) is 8.34. The summed E-state index contributed by atoms with van der Waals surface area (Å²) >= 11 is 0. The highest BCUT2D eigenvalue weighted by atomic mass is 16.5. The second-order valence-electron chi connectivity index (χ2n) is 5.85. The maximum Gasteiger partial charge on any atom is 0.258 e. The molecule has 0 unspecified atom stereocenters. The van der Waals surface area contributed by atoms with Crippen molar-refractivity contribution in [2.75, 3.05) is 5.73 Å². The molecular formula is C19H17N5O. The highest BCUT2D eigenvalue weighted by Gasteiger charge is 2.13. The molecule has 2 aromatic heterocycles. The van der Waals surface area contributed by atoms with Crippen molar-refractivity contribution in [2.24, 2.45) is 0 Å². The van der Waals surface area contributed by atoms with Crippen LogP contribution in [0.3, 0.4) is 0 Å². The Kier molecular flexibility index (Phi) is 3.78. The summed E-state index contributed by atoms with van der Waals surface area (Å²) in [6.45, 7) is 2.64. The average Bonchev–Trinajstić information content (AvgIpc) is 3.29. The minimum Gasteiger partial charge on any atom is -0.398 e. The normalized spacial score (nSPS) is 10.9. The third-order valence-electron chi connectivity index (χ3n) is 4.12. The van der Waals surface area contributed by atoms with Gasteiger partial charge in [-0.05, 0) is 42.3 Å². The summed E-state index contributed by atoms with van der Waals surface area (Å²) in [6, 6.07) is 15.6. The van der Waals surface area contributed by atoms with Crippen LogP contribution >= 0.6 is 0 Å². The molecule has 0 aliphatic rings. The number of nitrogens with two attached hydrogens (primary N) is 1. The zero-order valence-electron chi connectivity index (χ0n) is 13.8. The molecule has 124 valence electrons. The zero-order valence-corrected chi connectivity index (χ0v) is 13.8. The minimum atomic E-state index is 0.485. The Hall–Kier alpha value is -3.41. The first-order valence-electron chi connectivity index (χ1n) is 7.96. The molecule has 0 saturated carbocycles. The molecule has 4 rings (SSSR count). The van der Waals surface area contributed by atoms with E-state index in [1.165, 1.54) is 0 Å². The third-order valence-corrected chi connectivity index (χ3v) is 4.12. The maximum atomic E-state index is 5.97. The molecule has 25 heavy (non-hydrogen) atoms. The van der Waals surface area contributed by atoms with Crippen molar-refractivity contribution in [1.82, 2.24) is 19.9 Å². The lowest BCUT2D eigenvalue weighted by Crippen LogP contribution is -1.99. The quantitative estimate of drug-likeness (QED) is 0.578. The molecule has 6 nitrogen and oxygen atoms in total. The summed E-state index contributed by atoms with van der Waals surface area (Å²) in [7, 11) is 0. The van der Waals surface area contributed by atoms with Gasteiger partial charge < -0.3 is 10.3 Å². The van der Waals surface area contributed by atoms with Crippen molar-refractivity contribution < 1.29 is 4.52 Å². The Balaban J connectivity index is 1.65. The zero-order chi connectivity index (χ0) is 17.2. The molecule has 4 aromatic rings. The summed E-state index contributed by atoms with van der Waals surface area (Å²) in [4.78, 5) is 4.54. The van der Waals surface area contributed by atoms with Crippen LogP contribution in [0.2, 0.25) is 0 Å². The summed E-state index contributed by atoms with van der Waals surface area (Å²) < 4.78 is 7.34. The second-order valence-corrected chi connectivity index (χ2v) is 5.85. The van der Waals surface area contributed by atoms with Crippen molar-refractivity contribution in [3.8, 4) is 22.8 Å². The van der Waals surface area contributed by atoms with Gasteiger partial charge in [-0.15, -0.1) is 0 Å². The number of rotatable bonds is 4. The molecular weight excluding hydrogens is 314 g/mol. The molecule has 0 spiro atoms. The highest BCUT2D eigenvalue weighted by Crippen LogP contribution is 2.27. The van der Waals surface area contributed by atoms with E-state index < -0.39 is 0 Å². The first kappa shape index (κ1) is 15.1. The van der Waals surface area contributed by atoms with Crippen LogP contribution in [0.4, 0.5) is 5.69 Å². The lowest BCUT2D eigenvalue weighted by molar-refractivity contribution is 0.432. The number of anilines is 1. The van der Waals surface area contributed by atoms with Gasteiger partial charge in [0.25, 0.3) is 5.89 Å². The molecule has 2 aromatic carbocycles. The van der Waals surface area contributed by atoms with E-state index in [0.29, 0.717) is 23.9 Å². The van der Waals surface area contributed by atoms with Crippen molar-refractivity contribution in [3.05, 3.63) is 72.1 Å². The van der Waals surface area contributed by atoms with Crippen LogP contribution in [0, 0.1) is 6.92 Å². The highest BCUT2D eigenvalue weighted by molar-refractivity contribution is 5.68. The van der Waals surface area contributed by atoms with Gasteiger partial charge in [0.2, 0.25) is 5.82 Å². The van der Waals surface area contributed by atoms with Crippen LogP contribution in [0.15, 0.2) is 65.4 Å². The number of nitrogen functional groups attached to an aromatic ring is 1. The summed E-state index contributed by atoms with van der Waals surface area (Å²) in [6.07, 6.45) is 3.70. The van der Waals surface area contributed by atoms with Crippen LogP contribution in [-0.4, -0.2) is 19.9 Å². The predicted molar refractivity (Wildman–Crippen MR) is 95.6 cm³/mol. The van der Waals surface area contributed by atoms with Crippen molar-refractivity contribution >= 4 is 5.69 Å². The van der Waals surface area contributed by atoms with Gasteiger partial charge in [0, 0.05) is 29.2 Å². The van der Waals surface area contributed by atoms with Crippen molar-refractivity contribution in [3.63, 3.8) is 0 Å². The lowest BCUT2D eigenvalue weighted by atomic mass is 10.1. The van der Waals surface area contributed by atoms with Gasteiger partial charge >= 0.3 is 0 Å². The van der Waals surface area contributed by atoms with E-state index in [2.05, 4.69) is 15.2 Å². The fourth-order valence-corrected chi connectivity index (χ4v) is 2.73. The van der Waals surface area contributed by atoms with Crippen molar-refractivity contribution in [2.45, 2.75) is 13.5 Å². The van der Waals surface area contributed by atoms with E-state index in [1.807, 2.05) is 66.3 Å². The SMILES string of the molecule is Cc1c(N)cccc1-c1noc(-c2cccc(Cn3cccn3)c2)n1. The minimum absolute atomic E-state index is 0.485. The maximum absolute atomic E-state index is 5.97. The number of nitrogens with zero attached hydrogens (tertiary/aromatic N) is 4. The van der Waals surface area contributed by atoms with Gasteiger partial charge in [0.1, 0.15) is 0 Å². The van der Waals surface area contributed by atoms with Gasteiger partial charge in [-0.2, -0.15) is 10.1 Å². The Bertz CT molecular complexity index is 1000. The standard InChI is InChI=1S/C19H17N5O/c1-13-16(7-3-8-17(13)20)18-22-19(25-23-18)15-6-2-5-14(11-15)12-24-10-4-9-21-24/h2-11H,12,20H2,1H3. The Morgan fingerprint density at radius 3 is 2.84 bits per heavy atom.